The van der Waals surface area contributed by atoms with Gasteiger partial charge in [0, 0.05) is 25.9 Å². The van der Waals surface area contributed by atoms with Gasteiger partial charge in [-0.2, -0.15) is 0 Å². The number of aromatic nitrogens is 1. The quantitative estimate of drug-likeness (QED) is 0.833. The minimum atomic E-state index is -3.47. The molecular weight excluding hydrogens is 304 g/mol. The number of hydrogen-bond acceptors (Lipinski definition) is 5. The Labute approximate surface area is 130 Å². The Morgan fingerprint density at radius 1 is 1.27 bits per heavy atom. The standard InChI is InChI=1S/C15H20N2O4S/c18-15(17-7-1-2-8-17)12-5-6-14(16-10-12)22(19,20)11-13-4-3-9-21-13/h5-6,10,13H,1-4,7-9,11H2/t13-/m1/s1. The number of rotatable bonds is 4. The molecule has 3 heterocycles. The normalized spacial score (nSPS) is 22.2. The van der Waals surface area contributed by atoms with E-state index in [1.54, 1.807) is 11.0 Å². The highest BCUT2D eigenvalue weighted by molar-refractivity contribution is 7.91. The maximum atomic E-state index is 12.3. The summed E-state index contributed by atoms with van der Waals surface area (Å²) < 4.78 is 29.9. The van der Waals surface area contributed by atoms with Crippen molar-refractivity contribution in [1.82, 2.24) is 9.88 Å². The first kappa shape index (κ1) is 15.4. The average Bonchev–Trinajstić information content (AvgIpc) is 3.19. The zero-order valence-corrected chi connectivity index (χ0v) is 13.2. The van der Waals surface area contributed by atoms with Crippen molar-refractivity contribution in [2.24, 2.45) is 0 Å². The van der Waals surface area contributed by atoms with E-state index in [1.165, 1.54) is 12.3 Å². The lowest BCUT2D eigenvalue weighted by atomic mass is 10.2. The van der Waals surface area contributed by atoms with Gasteiger partial charge in [0.05, 0.1) is 17.4 Å². The minimum Gasteiger partial charge on any atom is -0.377 e. The first-order valence-electron chi connectivity index (χ1n) is 7.66. The monoisotopic (exact) mass is 324 g/mol. The maximum Gasteiger partial charge on any atom is 0.255 e. The van der Waals surface area contributed by atoms with Gasteiger partial charge in [-0.05, 0) is 37.8 Å². The van der Waals surface area contributed by atoms with E-state index in [0.29, 0.717) is 12.2 Å². The number of pyridine rings is 1. The summed E-state index contributed by atoms with van der Waals surface area (Å²) in [5.41, 5.74) is 0.443. The Morgan fingerprint density at radius 3 is 2.64 bits per heavy atom. The third-order valence-electron chi connectivity index (χ3n) is 4.12. The molecule has 0 aliphatic carbocycles. The molecule has 0 radical (unpaired) electrons. The van der Waals surface area contributed by atoms with Crippen LogP contribution in [-0.4, -0.2) is 55.8 Å². The lowest BCUT2D eigenvalue weighted by Gasteiger charge is -2.15. The fraction of sp³-hybridized carbons (Fsp3) is 0.600. The van der Waals surface area contributed by atoms with Crippen LogP contribution in [0.1, 0.15) is 36.0 Å². The molecule has 2 aliphatic heterocycles. The van der Waals surface area contributed by atoms with Crippen LogP contribution in [0.3, 0.4) is 0 Å². The van der Waals surface area contributed by atoms with Crippen LogP contribution in [0.5, 0.6) is 0 Å². The Balaban J connectivity index is 1.71. The molecule has 2 fully saturated rings. The van der Waals surface area contributed by atoms with Crippen molar-refractivity contribution in [2.75, 3.05) is 25.4 Å². The van der Waals surface area contributed by atoms with E-state index in [9.17, 15) is 13.2 Å². The van der Waals surface area contributed by atoms with Gasteiger partial charge in [-0.15, -0.1) is 0 Å². The Bertz CT molecular complexity index is 630. The molecule has 0 spiro atoms. The number of nitrogens with zero attached hydrogens (tertiary/aromatic N) is 2. The number of likely N-dealkylation sites (tertiary alicyclic amines) is 1. The molecule has 6 nitrogen and oxygen atoms in total. The average molecular weight is 324 g/mol. The Morgan fingerprint density at radius 2 is 2.05 bits per heavy atom. The highest BCUT2D eigenvalue weighted by Crippen LogP contribution is 2.19. The lowest BCUT2D eigenvalue weighted by molar-refractivity contribution is 0.0792. The molecule has 3 rings (SSSR count). The third-order valence-corrected chi connectivity index (χ3v) is 5.81. The first-order valence-corrected chi connectivity index (χ1v) is 9.31. The fourth-order valence-corrected chi connectivity index (χ4v) is 4.31. The predicted octanol–water partition coefficient (Wildman–Crippen LogP) is 1.27. The van der Waals surface area contributed by atoms with E-state index < -0.39 is 9.84 Å². The predicted molar refractivity (Wildman–Crippen MR) is 80.4 cm³/mol. The van der Waals surface area contributed by atoms with Crippen molar-refractivity contribution < 1.29 is 17.9 Å². The van der Waals surface area contributed by atoms with Crippen LogP contribution < -0.4 is 0 Å². The van der Waals surface area contributed by atoms with Crippen LogP contribution in [0.2, 0.25) is 0 Å². The van der Waals surface area contributed by atoms with Gasteiger partial charge in [-0.1, -0.05) is 0 Å². The molecule has 0 unspecified atom stereocenters. The second kappa shape index (κ2) is 6.34. The second-order valence-electron chi connectivity index (χ2n) is 5.80. The minimum absolute atomic E-state index is 0.0148. The van der Waals surface area contributed by atoms with Crippen molar-refractivity contribution in [3.8, 4) is 0 Å². The van der Waals surface area contributed by atoms with E-state index in [4.69, 9.17) is 4.74 Å². The van der Waals surface area contributed by atoms with Gasteiger partial charge >= 0.3 is 0 Å². The number of amides is 1. The summed E-state index contributed by atoms with van der Waals surface area (Å²) in [6.45, 7) is 2.15. The maximum absolute atomic E-state index is 12.3. The summed E-state index contributed by atoms with van der Waals surface area (Å²) in [6, 6.07) is 2.98. The summed E-state index contributed by atoms with van der Waals surface area (Å²) in [7, 11) is -3.47. The molecule has 2 saturated heterocycles. The molecule has 1 amide bonds. The van der Waals surface area contributed by atoms with E-state index >= 15 is 0 Å². The number of carbonyl (C=O) groups excluding carboxylic acids is 1. The molecule has 2 aliphatic rings. The van der Waals surface area contributed by atoms with Gasteiger partial charge in [0.25, 0.3) is 5.91 Å². The van der Waals surface area contributed by atoms with Crippen LogP contribution >= 0.6 is 0 Å². The first-order chi connectivity index (χ1) is 10.6. The van der Waals surface area contributed by atoms with Crippen molar-refractivity contribution in [3.63, 3.8) is 0 Å². The molecule has 0 saturated carbocycles. The molecule has 0 aromatic carbocycles. The van der Waals surface area contributed by atoms with E-state index in [2.05, 4.69) is 4.98 Å². The van der Waals surface area contributed by atoms with E-state index in [1.807, 2.05) is 0 Å². The highest BCUT2D eigenvalue weighted by Gasteiger charge is 2.26. The lowest BCUT2D eigenvalue weighted by Crippen LogP contribution is -2.28. The van der Waals surface area contributed by atoms with E-state index in [0.717, 1.165) is 38.8 Å². The number of sulfone groups is 1. The largest absolute Gasteiger partial charge is 0.377 e. The molecule has 1 atom stereocenters. The van der Waals surface area contributed by atoms with Gasteiger partial charge in [-0.3, -0.25) is 4.79 Å². The Hall–Kier alpha value is -1.47. The van der Waals surface area contributed by atoms with Crippen molar-refractivity contribution in [2.45, 2.75) is 36.8 Å². The van der Waals surface area contributed by atoms with Gasteiger partial charge in [-0.25, -0.2) is 13.4 Å². The van der Waals surface area contributed by atoms with Crippen LogP contribution in [0.4, 0.5) is 0 Å². The van der Waals surface area contributed by atoms with Gasteiger partial charge < -0.3 is 9.64 Å². The van der Waals surface area contributed by atoms with Crippen LogP contribution in [-0.2, 0) is 14.6 Å². The van der Waals surface area contributed by atoms with Crippen molar-refractivity contribution >= 4 is 15.7 Å². The van der Waals surface area contributed by atoms with E-state index in [-0.39, 0.29) is 22.8 Å². The molecule has 120 valence electrons. The molecule has 0 bridgehead atoms. The smallest absolute Gasteiger partial charge is 0.255 e. The number of hydrogen-bond donors (Lipinski definition) is 0. The molecular formula is C15H20N2O4S. The summed E-state index contributed by atoms with van der Waals surface area (Å²) in [5, 5.41) is 0.0148. The summed E-state index contributed by atoms with van der Waals surface area (Å²) in [4.78, 5) is 18.0. The molecule has 1 aromatic heterocycles. The summed E-state index contributed by atoms with van der Waals surface area (Å²) in [6.07, 6.45) is 4.84. The van der Waals surface area contributed by atoms with Gasteiger partial charge in [0.2, 0.25) is 0 Å². The van der Waals surface area contributed by atoms with Crippen molar-refractivity contribution in [3.05, 3.63) is 23.9 Å². The number of ether oxygens (including phenoxy) is 1. The van der Waals surface area contributed by atoms with Crippen molar-refractivity contribution in [1.29, 1.82) is 0 Å². The molecule has 7 heteroatoms. The van der Waals surface area contributed by atoms with Gasteiger partial charge in [0.15, 0.2) is 14.9 Å². The van der Waals surface area contributed by atoms with Crippen LogP contribution in [0.25, 0.3) is 0 Å². The van der Waals surface area contributed by atoms with Gasteiger partial charge in [0.1, 0.15) is 0 Å². The number of carbonyl (C=O) groups is 1. The van der Waals surface area contributed by atoms with Crippen LogP contribution in [0.15, 0.2) is 23.4 Å². The molecule has 1 aromatic rings. The molecule has 0 N–H and O–H groups in total. The summed E-state index contributed by atoms with van der Waals surface area (Å²) in [5.74, 6) is -0.118. The van der Waals surface area contributed by atoms with Crippen LogP contribution in [0, 0.1) is 0 Å². The zero-order valence-electron chi connectivity index (χ0n) is 12.4. The SMILES string of the molecule is O=C(c1ccc(S(=O)(=O)C[C@H]2CCCO2)nc1)N1CCCC1. The fourth-order valence-electron chi connectivity index (χ4n) is 2.90. The highest BCUT2D eigenvalue weighted by atomic mass is 32.2. The second-order valence-corrected chi connectivity index (χ2v) is 7.78. The Kier molecular flexibility index (Phi) is 4.44. The zero-order chi connectivity index (χ0) is 15.6. The molecule has 22 heavy (non-hydrogen) atoms. The third kappa shape index (κ3) is 3.30. The summed E-state index contributed by atoms with van der Waals surface area (Å²) >= 11 is 0. The topological polar surface area (TPSA) is 76.6 Å².